The lowest BCUT2D eigenvalue weighted by Gasteiger charge is -2.32. The molecule has 3 N–H and O–H groups in total. The van der Waals surface area contributed by atoms with Gasteiger partial charge < -0.3 is 24.7 Å². The van der Waals surface area contributed by atoms with E-state index in [4.69, 9.17) is 4.74 Å². The lowest BCUT2D eigenvalue weighted by atomic mass is 10.1. The molecule has 0 bridgehead atoms. The summed E-state index contributed by atoms with van der Waals surface area (Å²) in [5.41, 5.74) is -0.857. The second-order valence-electron chi connectivity index (χ2n) is 10.7. The number of nitrogens with one attached hydrogen (secondary N) is 2. The van der Waals surface area contributed by atoms with Crippen molar-refractivity contribution in [2.24, 2.45) is 0 Å². The lowest BCUT2D eigenvalue weighted by molar-refractivity contribution is 0.0212. The van der Waals surface area contributed by atoms with Crippen molar-refractivity contribution in [3.8, 4) is 0 Å². The Morgan fingerprint density at radius 2 is 1.95 bits per heavy atom. The quantitative estimate of drug-likeness (QED) is 0.442. The minimum absolute atomic E-state index is 0.000368. The molecular formula is C25H30N4O7S. The van der Waals surface area contributed by atoms with Crippen LogP contribution in [0.3, 0.4) is 0 Å². The third-order valence-electron chi connectivity index (χ3n) is 6.80. The first-order chi connectivity index (χ1) is 17.4. The number of hydrogen-bond donors (Lipinski definition) is 3. The van der Waals surface area contributed by atoms with Gasteiger partial charge in [0.1, 0.15) is 11.1 Å². The number of nitrogens with zero attached hydrogens (tertiary/aromatic N) is 2. The van der Waals surface area contributed by atoms with E-state index in [0.717, 1.165) is 19.3 Å². The molecule has 2 aromatic heterocycles. The van der Waals surface area contributed by atoms with E-state index in [2.05, 4.69) is 9.97 Å². The molecule has 1 atom stereocenters. The maximum atomic E-state index is 13.9. The molecule has 5 rings (SSSR count). The average molecular weight is 531 g/mol. The average Bonchev–Trinajstić information content (AvgIpc) is 3.34. The molecule has 1 aliphatic heterocycles. The van der Waals surface area contributed by atoms with Gasteiger partial charge in [-0.25, -0.2) is 18.0 Å². The zero-order valence-corrected chi connectivity index (χ0v) is 21.7. The van der Waals surface area contributed by atoms with Gasteiger partial charge in [0.05, 0.1) is 10.5 Å². The fourth-order valence-corrected chi connectivity index (χ4v) is 6.72. The number of rotatable bonds is 6. The molecule has 1 unspecified atom stereocenters. The number of aromatic amines is 2. The van der Waals surface area contributed by atoms with Crippen molar-refractivity contribution in [2.75, 3.05) is 13.1 Å². The highest BCUT2D eigenvalue weighted by atomic mass is 32.2. The van der Waals surface area contributed by atoms with Crippen molar-refractivity contribution >= 4 is 43.9 Å². The van der Waals surface area contributed by atoms with Crippen molar-refractivity contribution in [1.29, 1.82) is 0 Å². The Kier molecular flexibility index (Phi) is 6.06. The second-order valence-corrected chi connectivity index (χ2v) is 12.6. The molecule has 1 amide bonds. The number of H-pyrrole nitrogens is 2. The number of ether oxygens (including phenoxy) is 1. The minimum Gasteiger partial charge on any atom is -0.478 e. The predicted molar refractivity (Wildman–Crippen MR) is 136 cm³/mol. The molecule has 3 heterocycles. The molecule has 12 heteroatoms. The molecular weight excluding hydrogens is 500 g/mol. The summed E-state index contributed by atoms with van der Waals surface area (Å²) in [5.74, 6) is -1.23. The van der Waals surface area contributed by atoms with E-state index in [-0.39, 0.29) is 40.0 Å². The summed E-state index contributed by atoms with van der Waals surface area (Å²) < 4.78 is 34.8. The maximum Gasteiger partial charge on any atom is 0.410 e. The Balaban J connectivity index is 1.52. The largest absolute Gasteiger partial charge is 0.478 e. The first-order valence-corrected chi connectivity index (χ1v) is 13.7. The topological polar surface area (TPSA) is 153 Å². The first kappa shape index (κ1) is 25.3. The molecule has 11 nitrogen and oxygen atoms in total. The van der Waals surface area contributed by atoms with Crippen LogP contribution < -0.4 is 5.56 Å². The monoisotopic (exact) mass is 530 g/mol. The van der Waals surface area contributed by atoms with E-state index in [1.807, 2.05) is 0 Å². The number of carboxylic acid groups (broad SMARTS) is 1. The van der Waals surface area contributed by atoms with Crippen molar-refractivity contribution in [2.45, 2.75) is 69.0 Å². The van der Waals surface area contributed by atoms with Crippen LogP contribution in [0.25, 0.3) is 21.8 Å². The van der Waals surface area contributed by atoms with Gasteiger partial charge in [-0.3, -0.25) is 4.79 Å². The predicted octanol–water partition coefficient (Wildman–Crippen LogP) is 3.26. The number of hydrogen-bond acceptors (Lipinski definition) is 6. The standard InChI is InChI=1S/C25H30N4O7S/c1-25(2,3)36-24(33)28-10-4-5-15(28)13-29(14-6-7-14)37(34,35)16-8-9-19-17(11-16)20-18(23(31)32)12-26-21(20)22(30)27-19/h8-9,11-12,14-15,26H,4-7,10,13H2,1-3H3,(H,27,30)(H,31,32). The smallest absolute Gasteiger partial charge is 0.410 e. The zero-order chi connectivity index (χ0) is 26.7. The van der Waals surface area contributed by atoms with Crippen LogP contribution in [0.4, 0.5) is 4.79 Å². The van der Waals surface area contributed by atoms with Gasteiger partial charge in [-0.1, -0.05) is 0 Å². The van der Waals surface area contributed by atoms with Crippen LogP contribution in [0.5, 0.6) is 0 Å². The van der Waals surface area contributed by atoms with Crippen molar-refractivity contribution in [3.63, 3.8) is 0 Å². The highest BCUT2D eigenvalue weighted by Crippen LogP contribution is 2.35. The SMILES string of the molecule is CC(C)(C)OC(=O)N1CCCC1CN(C1CC1)S(=O)(=O)c1ccc2[nH]c(=O)c3[nH]cc(C(=O)O)c3c2c1. The molecule has 2 fully saturated rings. The van der Waals surface area contributed by atoms with Crippen LogP contribution in [-0.2, 0) is 14.8 Å². The Morgan fingerprint density at radius 3 is 2.59 bits per heavy atom. The summed E-state index contributed by atoms with van der Waals surface area (Å²) in [6, 6.07) is 3.84. The van der Waals surface area contributed by atoms with Crippen LogP contribution in [-0.4, -0.2) is 75.5 Å². The summed E-state index contributed by atoms with van der Waals surface area (Å²) in [6.45, 7) is 6.03. The van der Waals surface area contributed by atoms with Gasteiger partial charge in [-0.05, 0) is 64.7 Å². The number of carboxylic acids is 1. The molecule has 0 spiro atoms. The van der Waals surface area contributed by atoms with Gasteiger partial charge in [-0.15, -0.1) is 0 Å². The molecule has 1 saturated heterocycles. The number of sulfonamides is 1. The van der Waals surface area contributed by atoms with Crippen LogP contribution >= 0.6 is 0 Å². The van der Waals surface area contributed by atoms with Gasteiger partial charge in [-0.2, -0.15) is 4.31 Å². The number of benzene rings is 1. The summed E-state index contributed by atoms with van der Waals surface area (Å²) >= 11 is 0. The van der Waals surface area contributed by atoms with E-state index in [1.54, 1.807) is 25.7 Å². The summed E-state index contributed by atoms with van der Waals surface area (Å²) in [7, 11) is -3.99. The van der Waals surface area contributed by atoms with E-state index in [0.29, 0.717) is 23.9 Å². The zero-order valence-electron chi connectivity index (χ0n) is 20.9. The lowest BCUT2D eigenvalue weighted by Crippen LogP contribution is -2.47. The highest BCUT2D eigenvalue weighted by molar-refractivity contribution is 7.89. The Morgan fingerprint density at radius 1 is 1.22 bits per heavy atom. The fraction of sp³-hybridized carbons (Fsp3) is 0.480. The van der Waals surface area contributed by atoms with Crippen LogP contribution in [0.15, 0.2) is 34.1 Å². The summed E-state index contributed by atoms with van der Waals surface area (Å²) in [5, 5.41) is 10.1. The van der Waals surface area contributed by atoms with Gasteiger partial charge in [0.2, 0.25) is 10.0 Å². The van der Waals surface area contributed by atoms with Crippen LogP contribution in [0, 0.1) is 0 Å². The van der Waals surface area contributed by atoms with Gasteiger partial charge >= 0.3 is 12.1 Å². The molecule has 0 radical (unpaired) electrons. The number of amides is 1. The summed E-state index contributed by atoms with van der Waals surface area (Å²) in [4.78, 5) is 44.0. The van der Waals surface area contributed by atoms with Crippen molar-refractivity contribution < 1.29 is 27.9 Å². The van der Waals surface area contributed by atoms with E-state index in [9.17, 15) is 27.9 Å². The van der Waals surface area contributed by atoms with Crippen LogP contribution in [0.1, 0.15) is 56.8 Å². The Labute approximate surface area is 213 Å². The first-order valence-electron chi connectivity index (χ1n) is 12.3. The number of carbonyl (C=O) groups is 2. The fourth-order valence-electron chi connectivity index (χ4n) is 4.97. The molecule has 1 aliphatic carbocycles. The number of fused-ring (bicyclic) bond motifs is 3. The number of carbonyl (C=O) groups excluding carboxylic acids is 1. The number of aromatic carboxylic acids is 1. The minimum atomic E-state index is -3.99. The third kappa shape index (κ3) is 4.71. The van der Waals surface area contributed by atoms with Crippen molar-refractivity contribution in [1.82, 2.24) is 19.2 Å². The van der Waals surface area contributed by atoms with Gasteiger partial charge in [0.25, 0.3) is 5.56 Å². The molecule has 37 heavy (non-hydrogen) atoms. The van der Waals surface area contributed by atoms with Gasteiger partial charge in [0, 0.05) is 47.7 Å². The van der Waals surface area contributed by atoms with Crippen molar-refractivity contribution in [3.05, 3.63) is 40.3 Å². The van der Waals surface area contributed by atoms with E-state index >= 15 is 0 Å². The van der Waals surface area contributed by atoms with E-state index in [1.165, 1.54) is 28.7 Å². The maximum absolute atomic E-state index is 13.9. The Hall–Kier alpha value is -3.38. The van der Waals surface area contributed by atoms with E-state index < -0.39 is 33.2 Å². The molecule has 1 aromatic carbocycles. The number of aromatic nitrogens is 2. The molecule has 3 aromatic rings. The Bertz CT molecular complexity index is 1560. The highest BCUT2D eigenvalue weighted by Gasteiger charge is 2.42. The normalized spacial score (nSPS) is 18.7. The summed E-state index contributed by atoms with van der Waals surface area (Å²) in [6.07, 6.45) is 3.66. The third-order valence-corrected chi connectivity index (χ3v) is 8.72. The number of likely N-dealkylation sites (tertiary alicyclic amines) is 1. The van der Waals surface area contributed by atoms with Crippen LogP contribution in [0.2, 0.25) is 0 Å². The molecule has 2 aliphatic rings. The molecule has 1 saturated carbocycles. The van der Waals surface area contributed by atoms with Gasteiger partial charge in [0.15, 0.2) is 0 Å². The second kappa shape index (κ2) is 8.88. The number of pyridine rings is 1. The molecule has 198 valence electrons.